The normalized spacial score (nSPS) is 16.0. The van der Waals surface area contributed by atoms with Crippen molar-refractivity contribution >= 4 is 35.0 Å². The summed E-state index contributed by atoms with van der Waals surface area (Å²) in [6.45, 7) is 5.25. The van der Waals surface area contributed by atoms with E-state index in [9.17, 15) is 9.59 Å². The number of carbonyl (C=O) groups is 2. The highest BCUT2D eigenvalue weighted by atomic mass is 32.2. The van der Waals surface area contributed by atoms with Gasteiger partial charge in [0, 0.05) is 0 Å². The molecule has 0 saturated heterocycles. The van der Waals surface area contributed by atoms with Crippen LogP contribution in [-0.4, -0.2) is 32.8 Å². The molecule has 0 fully saturated rings. The average Bonchev–Trinajstić information content (AvgIpc) is 3.16. The average molecular weight is 423 g/mol. The summed E-state index contributed by atoms with van der Waals surface area (Å²) >= 11 is 1.19. The highest BCUT2D eigenvalue weighted by Gasteiger charge is 2.45. The second-order valence-corrected chi connectivity index (χ2v) is 8.88. The van der Waals surface area contributed by atoms with Crippen LogP contribution in [0.25, 0.3) is 0 Å². The largest absolute Gasteiger partial charge is 0.416 e. The topological polar surface area (TPSA) is 88.3 Å². The molecular formula is C22H22N4O3S. The van der Waals surface area contributed by atoms with Crippen molar-refractivity contribution in [2.24, 2.45) is 0 Å². The zero-order valence-corrected chi connectivity index (χ0v) is 17.8. The lowest BCUT2D eigenvalue weighted by atomic mass is 9.96. The first kappa shape index (κ1) is 20.2. The molecule has 0 bridgehead atoms. The minimum atomic E-state index is -1.02. The van der Waals surface area contributed by atoms with Crippen molar-refractivity contribution in [1.82, 2.24) is 10.2 Å². The number of thioether (sulfide) groups is 1. The van der Waals surface area contributed by atoms with Crippen molar-refractivity contribution in [2.75, 3.05) is 10.2 Å². The van der Waals surface area contributed by atoms with Crippen LogP contribution in [0.5, 0.6) is 0 Å². The van der Waals surface area contributed by atoms with Crippen molar-refractivity contribution in [1.29, 1.82) is 0 Å². The number of rotatable bonds is 5. The molecule has 8 heteroatoms. The molecular weight excluding hydrogens is 400 g/mol. The zero-order valence-electron chi connectivity index (χ0n) is 17.0. The summed E-state index contributed by atoms with van der Waals surface area (Å²) in [7, 11) is 0. The molecule has 1 atom stereocenters. The molecule has 2 amide bonds. The molecule has 0 aliphatic carbocycles. The van der Waals surface area contributed by atoms with E-state index in [-0.39, 0.29) is 11.8 Å². The molecule has 0 saturated carbocycles. The minimum Gasteiger partial charge on any atom is -0.416 e. The Balaban J connectivity index is 1.52. The van der Waals surface area contributed by atoms with E-state index in [1.54, 1.807) is 31.7 Å². The van der Waals surface area contributed by atoms with Crippen molar-refractivity contribution in [3.05, 3.63) is 66.1 Å². The van der Waals surface area contributed by atoms with Gasteiger partial charge in [0.05, 0.1) is 23.0 Å². The Bertz CT molecular complexity index is 1080. The summed E-state index contributed by atoms with van der Waals surface area (Å²) in [6, 6.07) is 17.1. The summed E-state index contributed by atoms with van der Waals surface area (Å²) < 4.78 is 5.73. The number of benzene rings is 2. The lowest BCUT2D eigenvalue weighted by Gasteiger charge is -2.42. The van der Waals surface area contributed by atoms with Crippen molar-refractivity contribution in [3.63, 3.8) is 0 Å². The number of carbonyl (C=O) groups excluding carboxylic acids is 2. The van der Waals surface area contributed by atoms with Crippen molar-refractivity contribution in [3.8, 4) is 0 Å². The summed E-state index contributed by atoms with van der Waals surface area (Å²) in [6.07, 6.45) is 0.531. The Labute approximate surface area is 178 Å². The third-order valence-electron chi connectivity index (χ3n) is 5.00. The maximum Gasteiger partial charge on any atom is 0.277 e. The van der Waals surface area contributed by atoms with E-state index in [1.165, 1.54) is 11.8 Å². The van der Waals surface area contributed by atoms with Gasteiger partial charge < -0.3 is 9.73 Å². The van der Waals surface area contributed by atoms with E-state index < -0.39 is 10.8 Å². The predicted molar refractivity (Wildman–Crippen MR) is 116 cm³/mol. The van der Waals surface area contributed by atoms with Crippen LogP contribution in [0.2, 0.25) is 0 Å². The molecule has 0 unspecified atom stereocenters. The van der Waals surface area contributed by atoms with E-state index in [1.807, 2.05) is 48.5 Å². The van der Waals surface area contributed by atoms with Crippen LogP contribution in [0.3, 0.4) is 0 Å². The van der Waals surface area contributed by atoms with Crippen LogP contribution in [0, 0.1) is 0 Å². The summed E-state index contributed by atoms with van der Waals surface area (Å²) in [5.41, 5.74) is 1.35. The Morgan fingerprint density at radius 3 is 2.60 bits per heavy atom. The lowest BCUT2D eigenvalue weighted by Crippen LogP contribution is -2.60. The third kappa shape index (κ3) is 3.82. The fraction of sp³-hybridized carbons (Fsp3) is 0.273. The van der Waals surface area contributed by atoms with E-state index in [0.717, 1.165) is 5.56 Å². The standard InChI is InChI=1S/C22H22N4O3S/c1-14(30-21-25-24-18(29-21)13-15-9-5-4-6-10-15)19(27)26-17-12-8-7-11-16(17)23-20(28)22(26,2)3/h4-12,14H,13H2,1-3H3,(H,23,28)/t14-/m0/s1. The Morgan fingerprint density at radius 2 is 1.83 bits per heavy atom. The van der Waals surface area contributed by atoms with Crippen LogP contribution in [0.15, 0.2) is 64.2 Å². The van der Waals surface area contributed by atoms with E-state index >= 15 is 0 Å². The highest BCUT2D eigenvalue weighted by molar-refractivity contribution is 8.00. The quantitative estimate of drug-likeness (QED) is 0.627. The number of nitrogens with one attached hydrogen (secondary N) is 1. The van der Waals surface area contributed by atoms with Gasteiger partial charge in [-0.15, -0.1) is 10.2 Å². The molecule has 2 aromatic carbocycles. The number of aromatic nitrogens is 2. The molecule has 2 heterocycles. The molecule has 0 spiro atoms. The molecule has 4 rings (SSSR count). The second-order valence-electron chi connectivity index (χ2n) is 7.59. The van der Waals surface area contributed by atoms with Gasteiger partial charge in [-0.2, -0.15) is 0 Å². The van der Waals surface area contributed by atoms with Gasteiger partial charge in [-0.3, -0.25) is 14.5 Å². The van der Waals surface area contributed by atoms with Gasteiger partial charge in [0.1, 0.15) is 5.54 Å². The van der Waals surface area contributed by atoms with Crippen LogP contribution >= 0.6 is 11.8 Å². The Kier molecular flexibility index (Phi) is 5.34. The molecule has 154 valence electrons. The number of nitrogens with zero attached hydrogens (tertiary/aromatic N) is 3. The van der Waals surface area contributed by atoms with Gasteiger partial charge in [-0.25, -0.2) is 0 Å². The number of hydrogen-bond donors (Lipinski definition) is 1. The van der Waals surface area contributed by atoms with Crippen LogP contribution in [-0.2, 0) is 16.0 Å². The third-order valence-corrected chi connectivity index (χ3v) is 5.92. The zero-order chi connectivity index (χ0) is 21.3. The summed E-state index contributed by atoms with van der Waals surface area (Å²) in [5.74, 6) is 0.0659. The van der Waals surface area contributed by atoms with Gasteiger partial charge in [-0.1, -0.05) is 54.2 Å². The Morgan fingerprint density at radius 1 is 1.13 bits per heavy atom. The summed E-state index contributed by atoms with van der Waals surface area (Å²) in [5, 5.41) is 10.8. The molecule has 1 aromatic heterocycles. The highest BCUT2D eigenvalue weighted by Crippen LogP contribution is 2.38. The van der Waals surface area contributed by atoms with Gasteiger partial charge in [0.25, 0.3) is 5.22 Å². The first-order chi connectivity index (χ1) is 14.4. The fourth-order valence-electron chi connectivity index (χ4n) is 3.36. The predicted octanol–water partition coefficient (Wildman–Crippen LogP) is 3.90. The molecule has 1 N–H and O–H groups in total. The maximum atomic E-state index is 13.4. The van der Waals surface area contributed by atoms with Crippen LogP contribution < -0.4 is 10.2 Å². The Hall–Kier alpha value is -3.13. The fourth-order valence-corrected chi connectivity index (χ4v) is 4.10. The van der Waals surface area contributed by atoms with Crippen LogP contribution in [0.4, 0.5) is 11.4 Å². The maximum absolute atomic E-state index is 13.4. The number of amides is 2. The number of hydrogen-bond acceptors (Lipinski definition) is 6. The molecule has 30 heavy (non-hydrogen) atoms. The first-order valence-electron chi connectivity index (χ1n) is 9.64. The molecule has 0 radical (unpaired) electrons. The minimum absolute atomic E-state index is 0.199. The molecule has 1 aliphatic rings. The number of para-hydroxylation sites is 2. The molecule has 1 aliphatic heterocycles. The van der Waals surface area contributed by atoms with E-state index in [4.69, 9.17) is 4.42 Å². The van der Waals surface area contributed by atoms with Gasteiger partial charge in [0.2, 0.25) is 17.7 Å². The van der Waals surface area contributed by atoms with Crippen molar-refractivity contribution in [2.45, 2.75) is 43.2 Å². The van der Waals surface area contributed by atoms with Gasteiger partial charge in [0.15, 0.2) is 0 Å². The SMILES string of the molecule is C[C@H](Sc1nnc(Cc2ccccc2)o1)C(=O)N1c2ccccc2NC(=O)C1(C)C. The monoisotopic (exact) mass is 422 g/mol. The van der Waals surface area contributed by atoms with Crippen LogP contribution in [0.1, 0.15) is 32.2 Å². The smallest absolute Gasteiger partial charge is 0.277 e. The number of anilines is 2. The molecule has 3 aromatic rings. The number of fused-ring (bicyclic) bond motifs is 1. The molecule has 7 nitrogen and oxygen atoms in total. The van der Waals surface area contributed by atoms with Crippen molar-refractivity contribution < 1.29 is 14.0 Å². The van der Waals surface area contributed by atoms with Gasteiger partial charge >= 0.3 is 0 Å². The van der Waals surface area contributed by atoms with Gasteiger partial charge in [-0.05, 0) is 38.5 Å². The first-order valence-corrected chi connectivity index (χ1v) is 10.5. The second kappa shape index (κ2) is 7.95. The van der Waals surface area contributed by atoms with E-state index in [2.05, 4.69) is 15.5 Å². The van der Waals surface area contributed by atoms with E-state index in [0.29, 0.717) is 28.9 Å². The summed E-state index contributed by atoms with van der Waals surface area (Å²) in [4.78, 5) is 27.5. The lowest BCUT2D eigenvalue weighted by molar-refractivity contribution is -0.126.